The average Bonchev–Trinajstić information content (AvgIpc) is 2.22. The normalized spacial score (nSPS) is 10.9. The van der Waals surface area contributed by atoms with Crippen molar-refractivity contribution in [2.45, 2.75) is 20.3 Å². The Balaban J connectivity index is 2.72. The lowest BCUT2D eigenvalue weighted by Gasteiger charge is -2.16. The second kappa shape index (κ2) is 6.62. The van der Waals surface area contributed by atoms with Crippen molar-refractivity contribution in [1.29, 1.82) is 0 Å². The molecule has 0 unspecified atom stereocenters. The first-order valence-corrected chi connectivity index (χ1v) is 6.12. The van der Waals surface area contributed by atoms with Gasteiger partial charge >= 0.3 is 0 Å². The zero-order valence-electron chi connectivity index (χ0n) is 11.4. The van der Waals surface area contributed by atoms with E-state index in [1.165, 1.54) is 16.7 Å². The molecule has 0 amide bonds. The molecular weight excluding hydrogens is 212 g/mol. The fourth-order valence-corrected chi connectivity index (χ4v) is 1.91. The number of aryl methyl sites for hydroxylation is 2. The minimum absolute atomic E-state index is 0.694. The van der Waals surface area contributed by atoms with Gasteiger partial charge in [0.15, 0.2) is 0 Å². The van der Waals surface area contributed by atoms with Crippen LogP contribution in [0, 0.1) is 13.8 Å². The summed E-state index contributed by atoms with van der Waals surface area (Å²) in [5, 5.41) is 0. The number of hydrogen-bond donors (Lipinski definition) is 1. The van der Waals surface area contributed by atoms with Crippen LogP contribution in [-0.4, -0.2) is 38.7 Å². The Morgan fingerprint density at radius 3 is 2.24 bits per heavy atom. The van der Waals surface area contributed by atoms with Crippen LogP contribution < -0.4 is 10.5 Å². The minimum Gasteiger partial charge on any atom is -0.492 e. The topological polar surface area (TPSA) is 38.5 Å². The number of ether oxygens (including phenoxy) is 1. The third-order valence-corrected chi connectivity index (χ3v) is 2.74. The highest BCUT2D eigenvalue weighted by Gasteiger charge is 2.06. The molecule has 0 aliphatic heterocycles. The highest BCUT2D eigenvalue weighted by atomic mass is 16.5. The van der Waals surface area contributed by atoms with Crippen molar-refractivity contribution in [1.82, 2.24) is 4.90 Å². The average molecular weight is 236 g/mol. The third kappa shape index (κ3) is 4.36. The van der Waals surface area contributed by atoms with Gasteiger partial charge in [0.05, 0.1) is 0 Å². The summed E-state index contributed by atoms with van der Waals surface area (Å²) in [6.07, 6.45) is 0.930. The molecule has 17 heavy (non-hydrogen) atoms. The van der Waals surface area contributed by atoms with Crippen LogP contribution >= 0.6 is 0 Å². The van der Waals surface area contributed by atoms with E-state index in [0.717, 1.165) is 25.3 Å². The minimum atomic E-state index is 0.694. The van der Waals surface area contributed by atoms with Crippen LogP contribution in [0.4, 0.5) is 0 Å². The molecule has 0 fully saturated rings. The molecule has 0 saturated carbocycles. The van der Waals surface area contributed by atoms with Gasteiger partial charge in [0, 0.05) is 6.54 Å². The van der Waals surface area contributed by atoms with Crippen molar-refractivity contribution in [3.05, 3.63) is 28.8 Å². The highest BCUT2D eigenvalue weighted by molar-refractivity contribution is 5.43. The van der Waals surface area contributed by atoms with E-state index in [4.69, 9.17) is 10.5 Å². The van der Waals surface area contributed by atoms with Crippen LogP contribution in [0.1, 0.15) is 16.7 Å². The molecule has 0 aliphatic carbocycles. The molecule has 0 heterocycles. The van der Waals surface area contributed by atoms with Crippen molar-refractivity contribution >= 4 is 0 Å². The van der Waals surface area contributed by atoms with E-state index >= 15 is 0 Å². The van der Waals surface area contributed by atoms with Crippen LogP contribution in [0.25, 0.3) is 0 Å². The summed E-state index contributed by atoms with van der Waals surface area (Å²) in [6.45, 7) is 6.55. The number of benzene rings is 1. The Morgan fingerprint density at radius 2 is 1.76 bits per heavy atom. The molecule has 0 atom stereocenters. The van der Waals surface area contributed by atoms with Crippen molar-refractivity contribution in [3.63, 3.8) is 0 Å². The zero-order chi connectivity index (χ0) is 12.8. The molecule has 0 saturated heterocycles. The molecule has 0 aromatic heterocycles. The fraction of sp³-hybridized carbons (Fsp3) is 0.571. The second-order valence-electron chi connectivity index (χ2n) is 4.75. The summed E-state index contributed by atoms with van der Waals surface area (Å²) in [5.41, 5.74) is 9.27. The fourth-order valence-electron chi connectivity index (χ4n) is 1.91. The Kier molecular flexibility index (Phi) is 5.45. The van der Waals surface area contributed by atoms with Gasteiger partial charge in [-0.1, -0.05) is 12.1 Å². The van der Waals surface area contributed by atoms with Crippen LogP contribution in [-0.2, 0) is 6.42 Å². The predicted molar refractivity (Wildman–Crippen MR) is 72.7 cm³/mol. The van der Waals surface area contributed by atoms with Gasteiger partial charge in [-0.15, -0.1) is 0 Å². The summed E-state index contributed by atoms with van der Waals surface area (Å²) in [4.78, 5) is 2.12. The summed E-state index contributed by atoms with van der Waals surface area (Å²) in [6, 6.07) is 4.34. The number of rotatable bonds is 6. The molecule has 0 aliphatic rings. The van der Waals surface area contributed by atoms with Crippen LogP contribution in [0.15, 0.2) is 12.1 Å². The SMILES string of the molecule is Cc1cc(CCN)cc(C)c1OCCN(C)C. The molecule has 0 bridgehead atoms. The molecule has 1 aromatic carbocycles. The lowest BCUT2D eigenvalue weighted by Crippen LogP contribution is -2.20. The first-order valence-electron chi connectivity index (χ1n) is 6.12. The molecule has 2 N–H and O–H groups in total. The van der Waals surface area contributed by atoms with Gasteiger partial charge in [-0.2, -0.15) is 0 Å². The standard InChI is InChI=1S/C14H24N2O/c1-11-9-13(5-6-15)10-12(2)14(11)17-8-7-16(3)4/h9-10H,5-8,15H2,1-4H3. The van der Waals surface area contributed by atoms with E-state index in [9.17, 15) is 0 Å². The quantitative estimate of drug-likeness (QED) is 0.817. The predicted octanol–water partition coefficient (Wildman–Crippen LogP) is 1.75. The lowest BCUT2D eigenvalue weighted by atomic mass is 10.0. The number of nitrogens with zero attached hydrogens (tertiary/aromatic N) is 1. The molecule has 3 nitrogen and oxygen atoms in total. The van der Waals surface area contributed by atoms with Crippen molar-refractivity contribution in [3.8, 4) is 5.75 Å². The van der Waals surface area contributed by atoms with Gasteiger partial charge in [0.2, 0.25) is 0 Å². The number of hydrogen-bond acceptors (Lipinski definition) is 3. The van der Waals surface area contributed by atoms with Crippen molar-refractivity contribution < 1.29 is 4.74 Å². The van der Waals surface area contributed by atoms with Crippen molar-refractivity contribution in [2.24, 2.45) is 5.73 Å². The van der Waals surface area contributed by atoms with Gasteiger partial charge < -0.3 is 15.4 Å². The largest absolute Gasteiger partial charge is 0.492 e. The van der Waals surface area contributed by atoms with Gasteiger partial charge in [0.1, 0.15) is 12.4 Å². The molecule has 96 valence electrons. The Hall–Kier alpha value is -1.06. The maximum Gasteiger partial charge on any atom is 0.125 e. The Morgan fingerprint density at radius 1 is 1.18 bits per heavy atom. The highest BCUT2D eigenvalue weighted by Crippen LogP contribution is 2.24. The van der Waals surface area contributed by atoms with E-state index in [0.29, 0.717) is 6.54 Å². The van der Waals surface area contributed by atoms with E-state index in [1.54, 1.807) is 0 Å². The molecule has 0 radical (unpaired) electrons. The van der Waals surface area contributed by atoms with Crippen LogP contribution in [0.5, 0.6) is 5.75 Å². The molecule has 0 spiro atoms. The molecule has 1 rings (SSSR count). The van der Waals surface area contributed by atoms with E-state index in [1.807, 2.05) is 14.1 Å². The van der Waals surface area contributed by atoms with Crippen LogP contribution in [0.3, 0.4) is 0 Å². The molecular formula is C14H24N2O. The third-order valence-electron chi connectivity index (χ3n) is 2.74. The van der Waals surface area contributed by atoms with Gasteiger partial charge in [0.25, 0.3) is 0 Å². The molecule has 3 heteroatoms. The zero-order valence-corrected chi connectivity index (χ0v) is 11.4. The summed E-state index contributed by atoms with van der Waals surface area (Å²) in [7, 11) is 4.10. The Bertz CT molecular complexity index is 338. The van der Waals surface area contributed by atoms with E-state index in [2.05, 4.69) is 30.9 Å². The van der Waals surface area contributed by atoms with E-state index < -0.39 is 0 Å². The Labute approximate surface area is 105 Å². The summed E-state index contributed by atoms with van der Waals surface area (Å²) >= 11 is 0. The lowest BCUT2D eigenvalue weighted by molar-refractivity contribution is 0.259. The van der Waals surface area contributed by atoms with Gasteiger partial charge in [-0.05, 0) is 57.6 Å². The number of likely N-dealkylation sites (N-methyl/N-ethyl adjacent to an activating group) is 1. The first kappa shape index (κ1) is 14.0. The first-order chi connectivity index (χ1) is 8.04. The summed E-state index contributed by atoms with van der Waals surface area (Å²) < 4.78 is 5.84. The van der Waals surface area contributed by atoms with E-state index in [-0.39, 0.29) is 0 Å². The monoisotopic (exact) mass is 236 g/mol. The van der Waals surface area contributed by atoms with Gasteiger partial charge in [-0.25, -0.2) is 0 Å². The van der Waals surface area contributed by atoms with Crippen molar-refractivity contribution in [2.75, 3.05) is 33.8 Å². The maximum atomic E-state index is 5.84. The van der Waals surface area contributed by atoms with Gasteiger partial charge in [-0.3, -0.25) is 0 Å². The van der Waals surface area contributed by atoms with Crippen LogP contribution in [0.2, 0.25) is 0 Å². The number of nitrogens with two attached hydrogens (primary N) is 1. The smallest absolute Gasteiger partial charge is 0.125 e. The second-order valence-corrected chi connectivity index (χ2v) is 4.75. The molecule has 1 aromatic rings. The maximum absolute atomic E-state index is 5.84. The summed E-state index contributed by atoms with van der Waals surface area (Å²) in [5.74, 6) is 1.02.